The first-order valence-electron chi connectivity index (χ1n) is 9.09. The molecule has 0 atom stereocenters. The van der Waals surface area contributed by atoms with E-state index >= 15 is 0 Å². The van der Waals surface area contributed by atoms with Crippen molar-refractivity contribution in [3.8, 4) is 5.75 Å². The number of hydrogen-bond acceptors (Lipinski definition) is 3. The Labute approximate surface area is 170 Å². The molecular formula is C20H19ClF4N2O2. The van der Waals surface area contributed by atoms with Crippen LogP contribution in [0.2, 0.25) is 5.02 Å². The number of nitrogens with zero attached hydrogens (tertiary/aromatic N) is 2. The molecule has 2 aromatic rings. The van der Waals surface area contributed by atoms with Crippen molar-refractivity contribution in [3.05, 3.63) is 58.1 Å². The number of amides is 1. The lowest BCUT2D eigenvalue weighted by Gasteiger charge is -2.36. The maximum absolute atomic E-state index is 14.1. The van der Waals surface area contributed by atoms with Crippen molar-refractivity contribution in [2.75, 3.05) is 37.7 Å². The summed E-state index contributed by atoms with van der Waals surface area (Å²) in [5.74, 6) is -6.10. The minimum Gasteiger partial charge on any atom is -0.484 e. The van der Waals surface area contributed by atoms with Gasteiger partial charge in [-0.3, -0.25) is 4.79 Å². The van der Waals surface area contributed by atoms with Gasteiger partial charge in [-0.15, -0.1) is 0 Å². The van der Waals surface area contributed by atoms with Gasteiger partial charge in [-0.05, 0) is 24.1 Å². The zero-order valence-electron chi connectivity index (χ0n) is 15.7. The van der Waals surface area contributed by atoms with Crippen LogP contribution in [0.15, 0.2) is 24.3 Å². The Morgan fingerprint density at radius 3 is 2.03 bits per heavy atom. The highest BCUT2D eigenvalue weighted by atomic mass is 35.5. The van der Waals surface area contributed by atoms with Crippen LogP contribution >= 0.6 is 11.6 Å². The zero-order valence-corrected chi connectivity index (χ0v) is 16.4. The molecule has 0 aliphatic carbocycles. The number of aryl methyl sites for hydroxylation is 1. The number of carbonyl (C=O) groups excluding carboxylic acids is 1. The molecule has 1 heterocycles. The molecule has 1 aliphatic rings. The minimum absolute atomic E-state index is 0.00525. The second-order valence-electron chi connectivity index (χ2n) is 6.57. The molecule has 0 aromatic heterocycles. The lowest BCUT2D eigenvalue weighted by Crippen LogP contribution is -2.50. The number of anilines is 1. The van der Waals surface area contributed by atoms with E-state index in [0.29, 0.717) is 5.75 Å². The summed E-state index contributed by atoms with van der Waals surface area (Å²) in [6.45, 7) is 2.11. The Morgan fingerprint density at radius 1 is 0.966 bits per heavy atom. The molecule has 4 nitrogen and oxygen atoms in total. The van der Waals surface area contributed by atoms with E-state index in [4.69, 9.17) is 16.3 Å². The van der Waals surface area contributed by atoms with Gasteiger partial charge in [0.05, 0.1) is 0 Å². The van der Waals surface area contributed by atoms with Gasteiger partial charge < -0.3 is 14.5 Å². The van der Waals surface area contributed by atoms with Gasteiger partial charge in [-0.25, -0.2) is 17.6 Å². The van der Waals surface area contributed by atoms with E-state index in [0.717, 1.165) is 16.9 Å². The normalized spacial score (nSPS) is 14.3. The van der Waals surface area contributed by atoms with E-state index in [2.05, 4.69) is 0 Å². The molecular weight excluding hydrogens is 412 g/mol. The Kier molecular flexibility index (Phi) is 6.52. The van der Waals surface area contributed by atoms with Crippen LogP contribution in [0, 0.1) is 23.3 Å². The van der Waals surface area contributed by atoms with Crippen molar-refractivity contribution in [2.45, 2.75) is 13.3 Å². The van der Waals surface area contributed by atoms with Gasteiger partial charge in [0.1, 0.15) is 16.5 Å². The summed E-state index contributed by atoms with van der Waals surface area (Å²) in [5, 5.41) is -1.22. The summed E-state index contributed by atoms with van der Waals surface area (Å²) in [7, 11) is 0. The van der Waals surface area contributed by atoms with Crippen LogP contribution in [-0.4, -0.2) is 43.6 Å². The average Bonchev–Trinajstić information content (AvgIpc) is 2.75. The van der Waals surface area contributed by atoms with Crippen LogP contribution in [0.4, 0.5) is 23.2 Å². The standard InChI is InChI=1S/C20H19ClF4N2O2/c1-2-12-3-5-13(6-4-12)29-11-14(28)26-7-9-27(10-8-26)20-18(24)16(22)15(21)17(23)19(20)25/h3-6H,2,7-11H2,1H3. The highest BCUT2D eigenvalue weighted by Gasteiger charge is 2.30. The van der Waals surface area contributed by atoms with Gasteiger partial charge in [-0.1, -0.05) is 30.7 Å². The smallest absolute Gasteiger partial charge is 0.260 e. The topological polar surface area (TPSA) is 32.8 Å². The first-order valence-corrected chi connectivity index (χ1v) is 9.47. The molecule has 29 heavy (non-hydrogen) atoms. The van der Waals surface area contributed by atoms with Crippen LogP contribution in [0.25, 0.3) is 0 Å². The van der Waals surface area contributed by atoms with Crippen molar-refractivity contribution in [3.63, 3.8) is 0 Å². The van der Waals surface area contributed by atoms with Gasteiger partial charge in [0, 0.05) is 26.2 Å². The fourth-order valence-corrected chi connectivity index (χ4v) is 3.27. The molecule has 0 bridgehead atoms. The summed E-state index contributed by atoms with van der Waals surface area (Å²) in [4.78, 5) is 14.9. The van der Waals surface area contributed by atoms with Crippen LogP contribution in [0.1, 0.15) is 12.5 Å². The van der Waals surface area contributed by atoms with E-state index in [9.17, 15) is 22.4 Å². The van der Waals surface area contributed by atoms with Crippen LogP contribution in [0.3, 0.4) is 0 Å². The van der Waals surface area contributed by atoms with Gasteiger partial charge >= 0.3 is 0 Å². The second-order valence-corrected chi connectivity index (χ2v) is 6.95. The molecule has 156 valence electrons. The number of benzene rings is 2. The fraction of sp³-hybridized carbons (Fsp3) is 0.350. The summed E-state index contributed by atoms with van der Waals surface area (Å²) >= 11 is 5.25. The predicted molar refractivity (Wildman–Crippen MR) is 101 cm³/mol. The molecule has 1 saturated heterocycles. The third kappa shape index (κ3) is 4.42. The van der Waals surface area contributed by atoms with Crippen molar-refractivity contribution >= 4 is 23.2 Å². The number of halogens is 5. The molecule has 1 amide bonds. The molecule has 1 fully saturated rings. The van der Waals surface area contributed by atoms with E-state index in [1.807, 2.05) is 19.1 Å². The first kappa shape index (κ1) is 21.2. The van der Waals surface area contributed by atoms with E-state index in [1.54, 1.807) is 12.1 Å². The van der Waals surface area contributed by atoms with Crippen molar-refractivity contribution in [2.24, 2.45) is 0 Å². The molecule has 0 spiro atoms. The van der Waals surface area contributed by atoms with E-state index < -0.39 is 34.0 Å². The summed E-state index contributed by atoms with van der Waals surface area (Å²) < 4.78 is 61.0. The summed E-state index contributed by atoms with van der Waals surface area (Å²) in [6.07, 6.45) is 0.895. The highest BCUT2D eigenvalue weighted by Crippen LogP contribution is 2.33. The molecule has 0 radical (unpaired) electrons. The SMILES string of the molecule is CCc1ccc(OCC(=O)N2CCN(c3c(F)c(F)c(Cl)c(F)c3F)CC2)cc1. The minimum atomic E-state index is -1.64. The monoisotopic (exact) mass is 430 g/mol. The van der Waals surface area contributed by atoms with E-state index in [-0.39, 0.29) is 38.7 Å². The highest BCUT2D eigenvalue weighted by molar-refractivity contribution is 6.31. The molecule has 1 aliphatic heterocycles. The largest absolute Gasteiger partial charge is 0.484 e. The van der Waals surface area contributed by atoms with Crippen LogP contribution in [0.5, 0.6) is 5.75 Å². The molecule has 0 saturated carbocycles. The number of carbonyl (C=O) groups is 1. The average molecular weight is 431 g/mol. The quantitative estimate of drug-likeness (QED) is 0.405. The Balaban J connectivity index is 1.60. The third-order valence-electron chi connectivity index (χ3n) is 4.83. The number of piperazine rings is 1. The molecule has 0 unspecified atom stereocenters. The lowest BCUT2D eigenvalue weighted by atomic mass is 10.2. The fourth-order valence-electron chi connectivity index (χ4n) is 3.11. The maximum Gasteiger partial charge on any atom is 0.260 e. The first-order chi connectivity index (χ1) is 13.8. The maximum atomic E-state index is 14.1. The van der Waals surface area contributed by atoms with Gasteiger partial charge in [0.25, 0.3) is 5.91 Å². The van der Waals surface area contributed by atoms with Crippen molar-refractivity contribution in [1.82, 2.24) is 4.90 Å². The third-order valence-corrected chi connectivity index (χ3v) is 5.16. The Hall–Kier alpha value is -2.48. The Morgan fingerprint density at radius 2 is 1.52 bits per heavy atom. The number of rotatable bonds is 5. The van der Waals surface area contributed by atoms with Crippen molar-refractivity contribution in [1.29, 1.82) is 0 Å². The van der Waals surface area contributed by atoms with E-state index in [1.165, 1.54) is 4.90 Å². The summed E-state index contributed by atoms with van der Waals surface area (Å²) in [5.41, 5.74) is 0.332. The molecule has 2 aromatic carbocycles. The number of hydrogen-bond donors (Lipinski definition) is 0. The van der Waals surface area contributed by atoms with Gasteiger partial charge in [0.15, 0.2) is 29.9 Å². The zero-order chi connectivity index (χ0) is 21.1. The van der Waals surface area contributed by atoms with Crippen molar-refractivity contribution < 1.29 is 27.1 Å². The molecule has 0 N–H and O–H groups in total. The summed E-state index contributed by atoms with van der Waals surface area (Å²) in [6, 6.07) is 7.37. The lowest BCUT2D eigenvalue weighted by molar-refractivity contribution is -0.133. The van der Waals surface area contributed by atoms with Gasteiger partial charge in [0.2, 0.25) is 0 Å². The second kappa shape index (κ2) is 8.90. The van der Waals surface area contributed by atoms with Gasteiger partial charge in [-0.2, -0.15) is 0 Å². The van der Waals surface area contributed by atoms with Crippen LogP contribution < -0.4 is 9.64 Å². The predicted octanol–water partition coefficient (Wildman–Crippen LogP) is 4.19. The Bertz CT molecular complexity index is 871. The molecule has 3 rings (SSSR count). The van der Waals surface area contributed by atoms with Crippen LogP contribution in [-0.2, 0) is 11.2 Å². The molecule has 9 heteroatoms. The number of ether oxygens (including phenoxy) is 1.